The SMILES string of the molecule is [CH2]OCCc1ccccc1[N+](=O)[O-]. The number of rotatable bonds is 4. The number of hydrogen-bond acceptors (Lipinski definition) is 3. The number of nitro groups is 1. The molecule has 13 heavy (non-hydrogen) atoms. The molecular weight excluding hydrogens is 170 g/mol. The van der Waals surface area contributed by atoms with E-state index in [1.807, 2.05) is 0 Å². The van der Waals surface area contributed by atoms with Crippen LogP contribution >= 0.6 is 0 Å². The summed E-state index contributed by atoms with van der Waals surface area (Å²) in [6.45, 7) is 0.394. The van der Waals surface area contributed by atoms with Gasteiger partial charge in [0.2, 0.25) is 0 Å². The summed E-state index contributed by atoms with van der Waals surface area (Å²) in [6, 6.07) is 6.62. The Balaban J connectivity index is 2.84. The fourth-order valence-corrected chi connectivity index (χ4v) is 1.08. The van der Waals surface area contributed by atoms with E-state index in [1.165, 1.54) is 6.07 Å². The van der Waals surface area contributed by atoms with E-state index in [-0.39, 0.29) is 5.69 Å². The molecule has 0 saturated carbocycles. The van der Waals surface area contributed by atoms with E-state index in [1.54, 1.807) is 18.2 Å². The molecule has 0 aliphatic carbocycles. The molecule has 0 atom stereocenters. The molecule has 1 aromatic carbocycles. The molecular formula is C9H10NO3. The molecule has 0 bridgehead atoms. The molecule has 4 heteroatoms. The minimum Gasteiger partial charge on any atom is -0.379 e. The Kier molecular flexibility index (Phi) is 3.40. The standard InChI is InChI=1S/C9H10NO3/c1-13-7-6-8-4-2-3-5-9(8)10(11)12/h2-5H,1,6-7H2. The molecule has 0 spiro atoms. The van der Waals surface area contributed by atoms with Crippen molar-refractivity contribution in [1.82, 2.24) is 0 Å². The lowest BCUT2D eigenvalue weighted by Crippen LogP contribution is -1.98. The van der Waals surface area contributed by atoms with Crippen molar-refractivity contribution in [2.45, 2.75) is 6.42 Å². The Hall–Kier alpha value is -1.42. The summed E-state index contributed by atoms with van der Waals surface area (Å²) in [5.41, 5.74) is 0.815. The lowest BCUT2D eigenvalue weighted by molar-refractivity contribution is -0.385. The fourth-order valence-electron chi connectivity index (χ4n) is 1.08. The van der Waals surface area contributed by atoms with E-state index < -0.39 is 4.92 Å². The first-order chi connectivity index (χ1) is 6.25. The Morgan fingerprint density at radius 1 is 1.46 bits per heavy atom. The van der Waals surface area contributed by atoms with E-state index in [4.69, 9.17) is 0 Å². The van der Waals surface area contributed by atoms with Crippen LogP contribution in [-0.4, -0.2) is 11.5 Å². The van der Waals surface area contributed by atoms with Crippen LogP contribution in [0.2, 0.25) is 0 Å². The zero-order chi connectivity index (χ0) is 9.68. The zero-order valence-corrected chi connectivity index (χ0v) is 7.10. The van der Waals surface area contributed by atoms with Gasteiger partial charge in [-0.2, -0.15) is 0 Å². The molecule has 0 unspecified atom stereocenters. The molecule has 0 heterocycles. The number of para-hydroxylation sites is 1. The van der Waals surface area contributed by atoms with Gasteiger partial charge in [0, 0.05) is 18.1 Å². The molecule has 0 aliphatic rings. The van der Waals surface area contributed by atoms with E-state index in [9.17, 15) is 10.1 Å². The van der Waals surface area contributed by atoms with Gasteiger partial charge in [0.15, 0.2) is 0 Å². The third-order valence-corrected chi connectivity index (χ3v) is 1.70. The highest BCUT2D eigenvalue weighted by Crippen LogP contribution is 2.17. The van der Waals surface area contributed by atoms with Crippen LogP contribution in [0.25, 0.3) is 0 Å². The van der Waals surface area contributed by atoms with Gasteiger partial charge < -0.3 is 4.74 Å². The summed E-state index contributed by atoms with van der Waals surface area (Å²) >= 11 is 0. The highest BCUT2D eigenvalue weighted by Gasteiger charge is 2.10. The lowest BCUT2D eigenvalue weighted by atomic mass is 10.1. The third kappa shape index (κ3) is 2.52. The smallest absolute Gasteiger partial charge is 0.272 e. The lowest BCUT2D eigenvalue weighted by Gasteiger charge is -2.00. The highest BCUT2D eigenvalue weighted by molar-refractivity contribution is 5.39. The van der Waals surface area contributed by atoms with Crippen molar-refractivity contribution in [2.75, 3.05) is 6.61 Å². The first-order valence-corrected chi connectivity index (χ1v) is 3.85. The fraction of sp³-hybridized carbons (Fsp3) is 0.222. The highest BCUT2D eigenvalue weighted by atomic mass is 16.6. The summed E-state index contributed by atoms with van der Waals surface area (Å²) in [6.07, 6.45) is 0.515. The predicted molar refractivity (Wildman–Crippen MR) is 48.1 cm³/mol. The van der Waals surface area contributed by atoms with Gasteiger partial charge in [-0.15, -0.1) is 0 Å². The maximum atomic E-state index is 10.5. The van der Waals surface area contributed by atoms with Crippen molar-refractivity contribution in [1.29, 1.82) is 0 Å². The largest absolute Gasteiger partial charge is 0.379 e. The maximum absolute atomic E-state index is 10.5. The van der Waals surface area contributed by atoms with Gasteiger partial charge in [0.25, 0.3) is 5.69 Å². The Morgan fingerprint density at radius 2 is 2.15 bits per heavy atom. The molecule has 0 N–H and O–H groups in total. The monoisotopic (exact) mass is 180 g/mol. The van der Waals surface area contributed by atoms with Crippen molar-refractivity contribution in [3.05, 3.63) is 47.1 Å². The predicted octanol–water partition coefficient (Wildman–Crippen LogP) is 1.95. The number of nitro benzene ring substituents is 1. The minimum absolute atomic E-state index is 0.138. The van der Waals surface area contributed by atoms with Crippen molar-refractivity contribution in [3.8, 4) is 0 Å². The van der Waals surface area contributed by atoms with Gasteiger partial charge in [0.05, 0.1) is 18.6 Å². The van der Waals surface area contributed by atoms with Gasteiger partial charge >= 0.3 is 0 Å². The molecule has 69 valence electrons. The quantitative estimate of drug-likeness (QED) is 0.525. The third-order valence-electron chi connectivity index (χ3n) is 1.70. The van der Waals surface area contributed by atoms with Crippen molar-refractivity contribution < 1.29 is 9.66 Å². The normalized spacial score (nSPS) is 9.92. The summed E-state index contributed by atoms with van der Waals surface area (Å²) < 4.78 is 4.61. The van der Waals surface area contributed by atoms with Crippen LogP contribution in [0.4, 0.5) is 5.69 Å². The first kappa shape index (κ1) is 9.67. The molecule has 1 radical (unpaired) electrons. The van der Waals surface area contributed by atoms with Crippen LogP contribution in [-0.2, 0) is 11.2 Å². The van der Waals surface area contributed by atoms with Crippen molar-refractivity contribution in [3.63, 3.8) is 0 Å². The average Bonchev–Trinajstić information content (AvgIpc) is 2.15. The van der Waals surface area contributed by atoms with Gasteiger partial charge in [-0.05, 0) is 0 Å². The maximum Gasteiger partial charge on any atom is 0.272 e. The first-order valence-electron chi connectivity index (χ1n) is 3.85. The number of benzene rings is 1. The number of nitrogens with zero attached hydrogens (tertiary/aromatic N) is 1. The Labute approximate surface area is 76.3 Å². The van der Waals surface area contributed by atoms with E-state index >= 15 is 0 Å². The number of ether oxygens (including phenoxy) is 1. The molecule has 0 saturated heterocycles. The van der Waals surface area contributed by atoms with Crippen LogP contribution in [0.5, 0.6) is 0 Å². The second-order valence-electron chi connectivity index (χ2n) is 2.54. The molecule has 1 rings (SSSR count). The zero-order valence-electron chi connectivity index (χ0n) is 7.10. The summed E-state index contributed by atoms with van der Waals surface area (Å²) in [7, 11) is 3.21. The molecule has 0 amide bonds. The summed E-state index contributed by atoms with van der Waals surface area (Å²) in [5.74, 6) is 0. The van der Waals surface area contributed by atoms with Crippen LogP contribution in [0.15, 0.2) is 24.3 Å². The van der Waals surface area contributed by atoms with E-state index in [0.717, 1.165) is 0 Å². The molecule has 0 aliphatic heterocycles. The van der Waals surface area contributed by atoms with Gasteiger partial charge in [-0.1, -0.05) is 18.2 Å². The molecule has 0 fully saturated rings. The molecule has 4 nitrogen and oxygen atoms in total. The van der Waals surface area contributed by atoms with E-state index in [2.05, 4.69) is 11.8 Å². The second-order valence-corrected chi connectivity index (χ2v) is 2.54. The van der Waals surface area contributed by atoms with E-state index in [0.29, 0.717) is 18.6 Å². The van der Waals surface area contributed by atoms with Gasteiger partial charge in [-0.25, -0.2) is 0 Å². The van der Waals surface area contributed by atoms with Gasteiger partial charge in [0.1, 0.15) is 0 Å². The Bertz CT molecular complexity index is 299. The van der Waals surface area contributed by atoms with Crippen LogP contribution < -0.4 is 0 Å². The topological polar surface area (TPSA) is 52.4 Å². The summed E-state index contributed by atoms with van der Waals surface area (Å²) in [4.78, 5) is 10.1. The molecule has 1 aromatic rings. The second kappa shape index (κ2) is 4.57. The molecule has 0 aromatic heterocycles. The van der Waals surface area contributed by atoms with Crippen LogP contribution in [0.3, 0.4) is 0 Å². The number of hydrogen-bond donors (Lipinski definition) is 0. The van der Waals surface area contributed by atoms with Crippen molar-refractivity contribution in [2.24, 2.45) is 0 Å². The Morgan fingerprint density at radius 3 is 2.77 bits per heavy atom. The van der Waals surface area contributed by atoms with Gasteiger partial charge in [-0.3, -0.25) is 10.1 Å². The van der Waals surface area contributed by atoms with Crippen LogP contribution in [0.1, 0.15) is 5.56 Å². The average molecular weight is 180 g/mol. The van der Waals surface area contributed by atoms with Crippen molar-refractivity contribution >= 4 is 5.69 Å². The summed E-state index contributed by atoms with van der Waals surface area (Å²) in [5, 5.41) is 10.5. The minimum atomic E-state index is -0.390. The van der Waals surface area contributed by atoms with Crippen LogP contribution in [0, 0.1) is 17.2 Å².